The third kappa shape index (κ3) is 8.00. The summed E-state index contributed by atoms with van der Waals surface area (Å²) in [5.74, 6) is -3.03. The van der Waals surface area contributed by atoms with Crippen LogP contribution in [0.3, 0.4) is 0 Å². The highest BCUT2D eigenvalue weighted by Gasteiger charge is 2.27. The zero-order chi connectivity index (χ0) is 21.2. The van der Waals surface area contributed by atoms with Crippen molar-refractivity contribution >= 4 is 11.9 Å². The lowest BCUT2D eigenvalue weighted by Gasteiger charge is -2.40. The number of hydrogen-bond acceptors (Lipinski definition) is 6. The zero-order valence-corrected chi connectivity index (χ0v) is 17.4. The van der Waals surface area contributed by atoms with Crippen LogP contribution in [0.2, 0.25) is 0 Å². The molecule has 2 heterocycles. The number of rotatable bonds is 5. The Hall–Kier alpha value is -2.16. The second-order valence-corrected chi connectivity index (χ2v) is 7.67. The van der Waals surface area contributed by atoms with Crippen molar-refractivity contribution in [2.75, 3.05) is 52.9 Å². The molecule has 0 amide bonds. The van der Waals surface area contributed by atoms with Crippen molar-refractivity contribution in [1.82, 2.24) is 9.80 Å². The molecule has 1 aromatic rings. The number of piperazine rings is 1. The second kappa shape index (κ2) is 11.7. The molecule has 0 unspecified atom stereocenters. The van der Waals surface area contributed by atoms with E-state index in [2.05, 4.69) is 41.1 Å². The number of likely N-dealkylation sites (N-methyl/N-ethyl adjacent to an activating group) is 1. The van der Waals surface area contributed by atoms with Crippen molar-refractivity contribution in [2.24, 2.45) is 0 Å². The molecule has 0 bridgehead atoms. The van der Waals surface area contributed by atoms with Gasteiger partial charge in [0.25, 0.3) is 0 Å². The molecule has 162 valence electrons. The fourth-order valence-corrected chi connectivity index (χ4v) is 3.83. The quantitative estimate of drug-likeness (QED) is 0.586. The Balaban J connectivity index is 0.000000438. The van der Waals surface area contributed by atoms with Gasteiger partial charge in [0.05, 0.1) is 26.7 Å². The van der Waals surface area contributed by atoms with Gasteiger partial charge < -0.3 is 24.6 Å². The Morgan fingerprint density at radius 2 is 1.69 bits per heavy atom. The predicted octanol–water partition coefficient (Wildman–Crippen LogP) is -1.30. The molecule has 0 atom stereocenters. The van der Waals surface area contributed by atoms with Gasteiger partial charge in [0.15, 0.2) is 5.97 Å². The number of piperidine rings is 1. The summed E-state index contributed by atoms with van der Waals surface area (Å²) in [6.07, 6.45) is 2.66. The van der Waals surface area contributed by atoms with Gasteiger partial charge in [-0.3, -0.25) is 9.80 Å². The highest BCUT2D eigenvalue weighted by Crippen LogP contribution is 2.19. The van der Waals surface area contributed by atoms with Crippen LogP contribution in [0.5, 0.6) is 5.75 Å². The van der Waals surface area contributed by atoms with Gasteiger partial charge in [0.2, 0.25) is 0 Å². The molecule has 29 heavy (non-hydrogen) atoms. The molecule has 0 spiro atoms. The smallest absolute Gasteiger partial charge is 0.351 e. The highest BCUT2D eigenvalue weighted by atomic mass is 16.5. The van der Waals surface area contributed by atoms with E-state index in [4.69, 9.17) is 24.5 Å². The molecule has 0 saturated carbocycles. The first-order chi connectivity index (χ1) is 13.9. The van der Waals surface area contributed by atoms with Gasteiger partial charge >= 0.3 is 5.97 Å². The van der Waals surface area contributed by atoms with Crippen molar-refractivity contribution in [2.45, 2.75) is 32.4 Å². The number of nitrogens with one attached hydrogen (secondary N) is 1. The van der Waals surface area contributed by atoms with Crippen LogP contribution in [0.4, 0.5) is 0 Å². The van der Waals surface area contributed by atoms with Gasteiger partial charge in [-0.15, -0.1) is 0 Å². The number of nitrogens with zero attached hydrogens (tertiary/aromatic N) is 2. The number of carboxylic acids is 2. The van der Waals surface area contributed by atoms with E-state index in [0.717, 1.165) is 24.9 Å². The van der Waals surface area contributed by atoms with E-state index >= 15 is 0 Å². The summed E-state index contributed by atoms with van der Waals surface area (Å²) < 4.78 is 5.52. The van der Waals surface area contributed by atoms with Crippen LogP contribution in [-0.4, -0.2) is 85.8 Å². The lowest BCUT2D eigenvalue weighted by Crippen LogP contribution is -3.12. The summed E-state index contributed by atoms with van der Waals surface area (Å²) in [4.78, 5) is 25.1. The summed E-state index contributed by atoms with van der Waals surface area (Å²) in [7, 11) is 2.32. The van der Waals surface area contributed by atoms with Crippen LogP contribution in [-0.2, 0) is 16.1 Å². The second-order valence-electron chi connectivity index (χ2n) is 7.67. The third-order valence-electron chi connectivity index (χ3n) is 5.54. The average Bonchev–Trinajstić information content (AvgIpc) is 2.71. The summed E-state index contributed by atoms with van der Waals surface area (Å²) in [5, 5.41) is 16.3. The minimum Gasteiger partial charge on any atom is -0.539 e. The van der Waals surface area contributed by atoms with E-state index in [1.54, 1.807) is 4.90 Å². The van der Waals surface area contributed by atoms with Gasteiger partial charge in [-0.25, -0.2) is 4.79 Å². The van der Waals surface area contributed by atoms with Crippen LogP contribution < -0.4 is 14.7 Å². The SMILES string of the molecule is CCOc1ccc(CN2CCC(N3CC[NH+](C)CC3)CC2)cc1.O=C([O-])C(=O)O. The molecular weight excluding hydrogens is 374 g/mol. The van der Waals surface area contributed by atoms with Crippen LogP contribution in [0.25, 0.3) is 0 Å². The maximum absolute atomic E-state index is 9.04. The molecule has 2 fully saturated rings. The number of likely N-dealkylation sites (tertiary alicyclic amines) is 1. The minimum atomic E-state index is -2.07. The molecule has 8 nitrogen and oxygen atoms in total. The number of quaternary nitrogens is 1. The summed E-state index contributed by atoms with van der Waals surface area (Å²) in [5.41, 5.74) is 1.40. The number of carboxylic acid groups (broad SMARTS) is 2. The lowest BCUT2D eigenvalue weighted by molar-refractivity contribution is -0.884. The topological polar surface area (TPSA) is 97.6 Å². The average molecular weight is 408 g/mol. The van der Waals surface area contributed by atoms with Crippen LogP contribution in [0.15, 0.2) is 24.3 Å². The molecule has 2 saturated heterocycles. The van der Waals surface area contributed by atoms with E-state index in [0.29, 0.717) is 0 Å². The van der Waals surface area contributed by atoms with E-state index < -0.39 is 11.9 Å². The van der Waals surface area contributed by atoms with Crippen molar-refractivity contribution in [1.29, 1.82) is 0 Å². The van der Waals surface area contributed by atoms with Crippen LogP contribution >= 0.6 is 0 Å². The van der Waals surface area contributed by atoms with Crippen molar-refractivity contribution in [3.63, 3.8) is 0 Å². The first-order valence-electron chi connectivity index (χ1n) is 10.3. The number of ether oxygens (including phenoxy) is 1. The third-order valence-corrected chi connectivity index (χ3v) is 5.54. The highest BCUT2D eigenvalue weighted by molar-refractivity contribution is 6.26. The van der Waals surface area contributed by atoms with Crippen molar-refractivity contribution in [3.8, 4) is 5.75 Å². The largest absolute Gasteiger partial charge is 0.539 e. The van der Waals surface area contributed by atoms with E-state index in [9.17, 15) is 0 Å². The maximum atomic E-state index is 9.04. The van der Waals surface area contributed by atoms with Crippen LogP contribution in [0, 0.1) is 0 Å². The van der Waals surface area contributed by atoms with Gasteiger partial charge in [-0.05, 0) is 50.6 Å². The number of hydrogen-bond donors (Lipinski definition) is 2. The molecule has 8 heteroatoms. The first kappa shape index (κ1) is 23.1. The number of aliphatic carboxylic acids is 2. The summed E-state index contributed by atoms with van der Waals surface area (Å²) in [6, 6.07) is 9.43. The van der Waals surface area contributed by atoms with Crippen molar-refractivity contribution < 1.29 is 29.4 Å². The maximum Gasteiger partial charge on any atom is 0.351 e. The Bertz CT molecular complexity index is 624. The molecular formula is C21H33N3O5. The monoisotopic (exact) mass is 407 g/mol. The molecule has 0 aliphatic carbocycles. The zero-order valence-electron chi connectivity index (χ0n) is 17.4. The van der Waals surface area contributed by atoms with Gasteiger partial charge in [-0.1, -0.05) is 12.1 Å². The number of benzene rings is 1. The van der Waals surface area contributed by atoms with Gasteiger partial charge in [-0.2, -0.15) is 0 Å². The number of carbonyl (C=O) groups excluding carboxylic acids is 1. The predicted molar refractivity (Wildman–Crippen MR) is 107 cm³/mol. The molecule has 2 aliphatic rings. The fraction of sp³-hybridized carbons (Fsp3) is 0.619. The first-order valence-corrected chi connectivity index (χ1v) is 10.3. The molecule has 2 N–H and O–H groups in total. The van der Waals surface area contributed by atoms with E-state index in [1.807, 2.05) is 6.92 Å². The molecule has 1 aromatic carbocycles. The standard InChI is InChI=1S/C19H31N3O.C2H2O4/c1-3-23-19-6-4-17(5-7-19)16-21-10-8-18(9-11-21)22-14-12-20(2)13-15-22;3-1(4)2(5)6/h4-7,18H,3,8-16H2,1-2H3;(H,3,4)(H,5,6). The molecule has 0 aromatic heterocycles. The fourth-order valence-electron chi connectivity index (χ4n) is 3.83. The molecule has 2 aliphatic heterocycles. The normalized spacial score (nSPS) is 19.2. The molecule has 0 radical (unpaired) electrons. The number of carbonyl (C=O) groups is 2. The van der Waals surface area contributed by atoms with Gasteiger partial charge in [0.1, 0.15) is 5.75 Å². The van der Waals surface area contributed by atoms with Gasteiger partial charge in [0, 0.05) is 25.7 Å². The Labute approximate surface area is 172 Å². The summed E-state index contributed by atoms with van der Waals surface area (Å²) >= 11 is 0. The Kier molecular flexibility index (Phi) is 9.37. The van der Waals surface area contributed by atoms with Crippen molar-refractivity contribution in [3.05, 3.63) is 29.8 Å². The Morgan fingerprint density at radius 1 is 1.14 bits per heavy atom. The van der Waals surface area contributed by atoms with E-state index in [1.165, 1.54) is 57.7 Å². The lowest BCUT2D eigenvalue weighted by atomic mass is 10.0. The molecule has 3 rings (SSSR count). The van der Waals surface area contributed by atoms with Crippen LogP contribution in [0.1, 0.15) is 25.3 Å². The minimum absolute atomic E-state index is 0.737. The Morgan fingerprint density at radius 3 is 2.17 bits per heavy atom. The summed E-state index contributed by atoms with van der Waals surface area (Å²) in [6.45, 7) is 11.5. The van der Waals surface area contributed by atoms with E-state index in [-0.39, 0.29) is 0 Å².